The third-order valence-electron chi connectivity index (χ3n) is 2.35. The number of ether oxygens (including phenoxy) is 2. The van der Waals surface area contributed by atoms with Crippen LogP contribution in [0.3, 0.4) is 0 Å². The van der Waals surface area contributed by atoms with Gasteiger partial charge in [0.05, 0.1) is 13.7 Å². The second-order valence-corrected chi connectivity index (χ2v) is 3.77. The fourth-order valence-corrected chi connectivity index (χ4v) is 1.42. The van der Waals surface area contributed by atoms with Gasteiger partial charge >= 0.3 is 5.97 Å². The zero-order valence-corrected chi connectivity index (χ0v) is 11.1. The molecule has 0 radical (unpaired) electrons. The first-order chi connectivity index (χ1) is 9.67. The molecule has 0 saturated carbocycles. The van der Waals surface area contributed by atoms with Crippen molar-refractivity contribution in [3.05, 3.63) is 18.5 Å². The molecule has 2 aromatic heterocycles. The molecule has 20 heavy (non-hydrogen) atoms. The molecule has 0 atom stereocenters. The second kappa shape index (κ2) is 5.95. The number of rotatable bonds is 5. The summed E-state index contributed by atoms with van der Waals surface area (Å²) in [7, 11) is 1.25. The molecular formula is C11H14N6O3. The highest BCUT2D eigenvalue weighted by molar-refractivity contribution is 5.84. The second-order valence-electron chi connectivity index (χ2n) is 3.77. The Hall–Kier alpha value is -2.71. The maximum Gasteiger partial charge on any atom is 0.377 e. The highest BCUT2D eigenvalue weighted by Crippen LogP contribution is 2.22. The van der Waals surface area contributed by atoms with E-state index in [-0.39, 0.29) is 23.2 Å². The number of aromatic nitrogens is 5. The van der Waals surface area contributed by atoms with E-state index < -0.39 is 5.97 Å². The van der Waals surface area contributed by atoms with Gasteiger partial charge < -0.3 is 15.2 Å². The summed E-state index contributed by atoms with van der Waals surface area (Å²) < 4.78 is 11.2. The van der Waals surface area contributed by atoms with Gasteiger partial charge in [-0.15, -0.1) is 5.10 Å². The molecule has 0 amide bonds. The summed E-state index contributed by atoms with van der Waals surface area (Å²) in [5.74, 6) is -0.166. The molecule has 106 valence electrons. The zero-order chi connectivity index (χ0) is 14.5. The van der Waals surface area contributed by atoms with Gasteiger partial charge in [-0.05, 0) is 6.42 Å². The van der Waals surface area contributed by atoms with Crippen molar-refractivity contribution < 1.29 is 14.3 Å². The van der Waals surface area contributed by atoms with E-state index in [1.54, 1.807) is 0 Å². The molecule has 0 aliphatic heterocycles. The number of methoxy groups -OCH3 is 1. The lowest BCUT2D eigenvalue weighted by Crippen LogP contribution is -2.09. The van der Waals surface area contributed by atoms with Crippen LogP contribution in [-0.4, -0.2) is 44.4 Å². The Morgan fingerprint density at radius 3 is 2.90 bits per heavy atom. The van der Waals surface area contributed by atoms with Gasteiger partial charge in [0.25, 0.3) is 5.82 Å². The third-order valence-corrected chi connectivity index (χ3v) is 2.35. The molecule has 0 fully saturated rings. The van der Waals surface area contributed by atoms with Crippen LogP contribution < -0.4 is 10.5 Å². The van der Waals surface area contributed by atoms with Gasteiger partial charge in [-0.1, -0.05) is 6.92 Å². The fourth-order valence-electron chi connectivity index (χ4n) is 1.42. The third kappa shape index (κ3) is 2.66. The highest BCUT2D eigenvalue weighted by atomic mass is 16.5. The average molecular weight is 278 g/mol. The van der Waals surface area contributed by atoms with Crippen LogP contribution in [0.2, 0.25) is 0 Å². The Morgan fingerprint density at radius 1 is 1.40 bits per heavy atom. The van der Waals surface area contributed by atoms with E-state index >= 15 is 0 Å². The number of anilines is 1. The van der Waals surface area contributed by atoms with Crippen LogP contribution in [-0.2, 0) is 4.74 Å². The van der Waals surface area contributed by atoms with Crippen LogP contribution in [0.15, 0.2) is 12.7 Å². The number of carbonyl (C=O) groups is 1. The topological polar surface area (TPSA) is 118 Å². The lowest BCUT2D eigenvalue weighted by atomic mass is 10.4. The Kier molecular flexibility index (Phi) is 4.08. The standard InChI is InChI=1S/C11H14N6O3/c1-3-4-20-10-7(12)9(13-5-14-10)17-6-15-8(16-17)11(18)19-2/h5-6H,3-4,12H2,1-2H3. The largest absolute Gasteiger partial charge is 0.476 e. The fraction of sp³-hybridized carbons (Fsp3) is 0.364. The summed E-state index contributed by atoms with van der Waals surface area (Å²) in [5, 5.41) is 3.94. The van der Waals surface area contributed by atoms with Crippen molar-refractivity contribution in [1.82, 2.24) is 24.7 Å². The van der Waals surface area contributed by atoms with Gasteiger partial charge in [0.15, 0.2) is 5.82 Å². The first kappa shape index (κ1) is 13.7. The van der Waals surface area contributed by atoms with Gasteiger partial charge in [0, 0.05) is 0 Å². The van der Waals surface area contributed by atoms with E-state index in [0.717, 1.165) is 6.42 Å². The van der Waals surface area contributed by atoms with Crippen LogP contribution in [0.5, 0.6) is 5.88 Å². The predicted molar refractivity (Wildman–Crippen MR) is 68.5 cm³/mol. The Labute approximate surface area is 114 Å². The normalized spacial score (nSPS) is 10.3. The van der Waals surface area contributed by atoms with Crippen molar-refractivity contribution in [2.24, 2.45) is 0 Å². The number of esters is 1. The first-order valence-electron chi connectivity index (χ1n) is 5.91. The maximum atomic E-state index is 11.3. The number of nitrogens with zero attached hydrogens (tertiary/aromatic N) is 5. The molecule has 9 nitrogen and oxygen atoms in total. The minimum absolute atomic E-state index is 0.0819. The lowest BCUT2D eigenvalue weighted by molar-refractivity contribution is 0.0587. The number of carbonyl (C=O) groups excluding carboxylic acids is 1. The van der Waals surface area contributed by atoms with E-state index in [0.29, 0.717) is 6.61 Å². The molecule has 2 aromatic rings. The van der Waals surface area contributed by atoms with Crippen molar-refractivity contribution in [3.8, 4) is 11.7 Å². The minimum Gasteiger partial charge on any atom is -0.476 e. The highest BCUT2D eigenvalue weighted by Gasteiger charge is 2.16. The van der Waals surface area contributed by atoms with Crippen molar-refractivity contribution in [2.45, 2.75) is 13.3 Å². The van der Waals surface area contributed by atoms with Gasteiger partial charge in [0.1, 0.15) is 18.3 Å². The smallest absolute Gasteiger partial charge is 0.377 e. The van der Waals surface area contributed by atoms with Crippen molar-refractivity contribution >= 4 is 11.7 Å². The quantitative estimate of drug-likeness (QED) is 0.771. The molecule has 2 rings (SSSR count). The molecular weight excluding hydrogens is 264 g/mol. The van der Waals surface area contributed by atoms with Gasteiger partial charge in [-0.3, -0.25) is 0 Å². The SMILES string of the molecule is CCCOc1ncnc(-n2cnc(C(=O)OC)n2)c1N. The summed E-state index contributed by atoms with van der Waals surface area (Å²) in [6.45, 7) is 2.46. The van der Waals surface area contributed by atoms with E-state index in [1.165, 1.54) is 24.4 Å². The molecule has 0 unspecified atom stereocenters. The monoisotopic (exact) mass is 278 g/mol. The van der Waals surface area contributed by atoms with E-state index in [1.807, 2.05) is 6.92 Å². The molecule has 0 spiro atoms. The van der Waals surface area contributed by atoms with Gasteiger partial charge in [0.2, 0.25) is 5.88 Å². The molecule has 2 heterocycles. The number of nitrogen functional groups attached to an aromatic ring is 1. The first-order valence-corrected chi connectivity index (χ1v) is 5.91. The van der Waals surface area contributed by atoms with Crippen LogP contribution in [0.1, 0.15) is 24.0 Å². The zero-order valence-electron chi connectivity index (χ0n) is 11.1. The predicted octanol–water partition coefficient (Wildman–Crippen LogP) is 0.215. The molecule has 0 aliphatic carbocycles. The van der Waals surface area contributed by atoms with Crippen molar-refractivity contribution in [2.75, 3.05) is 19.5 Å². The van der Waals surface area contributed by atoms with Gasteiger partial charge in [-0.2, -0.15) is 9.67 Å². The van der Waals surface area contributed by atoms with E-state index in [9.17, 15) is 4.79 Å². The summed E-state index contributed by atoms with van der Waals surface area (Å²) in [6, 6.07) is 0. The van der Waals surface area contributed by atoms with Crippen molar-refractivity contribution in [1.29, 1.82) is 0 Å². The molecule has 0 aromatic carbocycles. The van der Waals surface area contributed by atoms with Crippen LogP contribution in [0, 0.1) is 0 Å². The minimum atomic E-state index is -0.640. The molecule has 9 heteroatoms. The Morgan fingerprint density at radius 2 is 2.20 bits per heavy atom. The Bertz CT molecular complexity index is 612. The molecule has 0 bridgehead atoms. The maximum absolute atomic E-state index is 11.3. The average Bonchev–Trinajstić information content (AvgIpc) is 2.95. The summed E-state index contributed by atoms with van der Waals surface area (Å²) in [5.41, 5.74) is 6.14. The number of hydrogen-bond acceptors (Lipinski definition) is 8. The van der Waals surface area contributed by atoms with E-state index in [2.05, 4.69) is 24.8 Å². The molecule has 0 aliphatic rings. The summed E-state index contributed by atoms with van der Waals surface area (Å²) >= 11 is 0. The number of nitrogens with two attached hydrogens (primary N) is 1. The number of hydrogen-bond donors (Lipinski definition) is 1. The lowest BCUT2D eigenvalue weighted by Gasteiger charge is -2.08. The van der Waals surface area contributed by atoms with E-state index in [4.69, 9.17) is 10.5 Å². The molecule has 2 N–H and O–H groups in total. The van der Waals surface area contributed by atoms with Gasteiger partial charge in [-0.25, -0.2) is 14.8 Å². The van der Waals surface area contributed by atoms with Crippen molar-refractivity contribution in [3.63, 3.8) is 0 Å². The van der Waals surface area contributed by atoms with Crippen LogP contribution >= 0.6 is 0 Å². The Balaban J connectivity index is 2.33. The summed E-state index contributed by atoms with van der Waals surface area (Å²) in [4.78, 5) is 23.1. The van der Waals surface area contributed by atoms with Crippen LogP contribution in [0.25, 0.3) is 5.82 Å². The van der Waals surface area contributed by atoms with Crippen LogP contribution in [0.4, 0.5) is 5.69 Å². The summed E-state index contributed by atoms with van der Waals surface area (Å²) in [6.07, 6.45) is 3.44. The molecule has 0 saturated heterocycles.